The third kappa shape index (κ3) is 3.03. The molecule has 0 aliphatic heterocycles. The number of rotatable bonds is 4. The van der Waals surface area contributed by atoms with Gasteiger partial charge in [-0.15, -0.1) is 0 Å². The Kier molecular flexibility index (Phi) is 4.37. The van der Waals surface area contributed by atoms with Crippen LogP contribution in [0.15, 0.2) is 59.8 Å². The van der Waals surface area contributed by atoms with E-state index in [2.05, 4.69) is 15.3 Å². The smallest absolute Gasteiger partial charge is 0.261 e. The van der Waals surface area contributed by atoms with Gasteiger partial charge in [-0.3, -0.25) is 14.2 Å². The molecular weight excluding hydrogens is 304 g/mol. The molecule has 3 rings (SSSR count). The van der Waals surface area contributed by atoms with E-state index in [1.165, 1.54) is 10.9 Å². The van der Waals surface area contributed by atoms with E-state index in [0.717, 1.165) is 0 Å². The summed E-state index contributed by atoms with van der Waals surface area (Å²) in [6.45, 7) is 3.79. The van der Waals surface area contributed by atoms with Crippen molar-refractivity contribution in [2.45, 2.75) is 19.9 Å². The summed E-state index contributed by atoms with van der Waals surface area (Å²) in [6, 6.07) is 11.7. The van der Waals surface area contributed by atoms with E-state index in [9.17, 15) is 9.59 Å². The molecule has 2 heterocycles. The lowest BCUT2D eigenvalue weighted by atomic mass is 10.0. The molecule has 0 spiro atoms. The van der Waals surface area contributed by atoms with Gasteiger partial charge < -0.3 is 5.32 Å². The van der Waals surface area contributed by atoms with Crippen LogP contribution in [0.4, 0.5) is 5.82 Å². The number of carbonyl (C=O) groups is 1. The fourth-order valence-electron chi connectivity index (χ4n) is 2.67. The molecule has 2 aromatic heterocycles. The third-order valence-corrected chi connectivity index (χ3v) is 3.81. The number of anilines is 1. The van der Waals surface area contributed by atoms with Gasteiger partial charge in [-0.25, -0.2) is 9.97 Å². The van der Waals surface area contributed by atoms with Crippen LogP contribution in [-0.4, -0.2) is 20.4 Å². The maximum Gasteiger partial charge on any atom is 0.261 e. The van der Waals surface area contributed by atoms with Crippen LogP contribution in [0.3, 0.4) is 0 Å². The number of carbonyl (C=O) groups excluding carboxylic acids is 1. The molecule has 1 N–H and O–H groups in total. The summed E-state index contributed by atoms with van der Waals surface area (Å²) in [7, 11) is 0. The quantitative estimate of drug-likeness (QED) is 0.801. The highest BCUT2D eigenvalue weighted by atomic mass is 16.2. The number of benzene rings is 1. The molecule has 1 atom stereocenters. The van der Waals surface area contributed by atoms with Crippen molar-refractivity contribution in [1.29, 1.82) is 0 Å². The number of nitrogens with one attached hydrogen (secondary N) is 1. The number of hydrogen-bond donors (Lipinski definition) is 1. The van der Waals surface area contributed by atoms with Crippen molar-refractivity contribution in [3.05, 3.63) is 65.3 Å². The van der Waals surface area contributed by atoms with Crippen LogP contribution in [0.2, 0.25) is 0 Å². The molecule has 0 saturated carbocycles. The van der Waals surface area contributed by atoms with Crippen molar-refractivity contribution < 1.29 is 4.79 Å². The minimum Gasteiger partial charge on any atom is -0.309 e. The second kappa shape index (κ2) is 6.62. The van der Waals surface area contributed by atoms with Crippen molar-refractivity contribution >= 4 is 22.6 Å². The number of para-hydroxylation sites is 1. The Balaban J connectivity index is 2.01. The highest BCUT2D eigenvalue weighted by Crippen LogP contribution is 2.19. The van der Waals surface area contributed by atoms with Crippen LogP contribution in [0.5, 0.6) is 0 Å². The topological polar surface area (TPSA) is 76.9 Å². The summed E-state index contributed by atoms with van der Waals surface area (Å²) >= 11 is 0. The first kappa shape index (κ1) is 15.9. The predicted molar refractivity (Wildman–Crippen MR) is 92.7 cm³/mol. The number of fused-ring (bicyclic) bond motifs is 1. The summed E-state index contributed by atoms with van der Waals surface area (Å²) in [6.07, 6.45) is 3.04. The third-order valence-electron chi connectivity index (χ3n) is 3.81. The van der Waals surface area contributed by atoms with E-state index in [0.29, 0.717) is 16.7 Å². The summed E-state index contributed by atoms with van der Waals surface area (Å²) < 4.78 is 1.39. The zero-order valence-corrected chi connectivity index (χ0v) is 13.5. The van der Waals surface area contributed by atoms with Crippen LogP contribution in [0, 0.1) is 5.92 Å². The van der Waals surface area contributed by atoms with Gasteiger partial charge in [-0.2, -0.15) is 0 Å². The monoisotopic (exact) mass is 322 g/mol. The molecular formula is C18H18N4O2. The van der Waals surface area contributed by atoms with Crippen molar-refractivity contribution in [3.8, 4) is 0 Å². The van der Waals surface area contributed by atoms with Crippen molar-refractivity contribution in [3.63, 3.8) is 0 Å². The largest absolute Gasteiger partial charge is 0.309 e. The molecule has 24 heavy (non-hydrogen) atoms. The Morgan fingerprint density at radius 3 is 2.54 bits per heavy atom. The van der Waals surface area contributed by atoms with Crippen LogP contribution < -0.4 is 10.9 Å². The molecule has 0 aliphatic carbocycles. The average molecular weight is 322 g/mol. The number of amides is 1. The van der Waals surface area contributed by atoms with E-state index >= 15 is 0 Å². The van der Waals surface area contributed by atoms with Gasteiger partial charge in [0.2, 0.25) is 5.91 Å². The highest BCUT2D eigenvalue weighted by Gasteiger charge is 2.26. The SMILES string of the molecule is CC(C)C(C(=O)Nc1ccccn1)n1cnc2ccccc2c1=O. The lowest BCUT2D eigenvalue weighted by Gasteiger charge is -2.22. The molecule has 6 nitrogen and oxygen atoms in total. The highest BCUT2D eigenvalue weighted by molar-refractivity contribution is 5.93. The van der Waals surface area contributed by atoms with E-state index < -0.39 is 6.04 Å². The molecule has 122 valence electrons. The maximum absolute atomic E-state index is 12.8. The van der Waals surface area contributed by atoms with E-state index in [4.69, 9.17) is 0 Å². The standard InChI is InChI=1S/C18H18N4O2/c1-12(2)16(17(23)21-15-9-5-6-10-19-15)22-11-20-14-8-4-3-7-13(14)18(22)24/h3-12,16H,1-2H3,(H,19,21,23). The minimum absolute atomic E-state index is 0.0885. The normalized spacial score (nSPS) is 12.3. The van der Waals surface area contributed by atoms with Gasteiger partial charge in [0.25, 0.3) is 5.56 Å². The number of pyridine rings is 1. The Labute approximate surface area is 139 Å². The van der Waals surface area contributed by atoms with Crippen molar-refractivity contribution in [2.75, 3.05) is 5.32 Å². The predicted octanol–water partition coefficient (Wildman–Crippen LogP) is 2.63. The maximum atomic E-state index is 12.8. The molecule has 1 amide bonds. The fourth-order valence-corrected chi connectivity index (χ4v) is 2.67. The van der Waals surface area contributed by atoms with Gasteiger partial charge in [0, 0.05) is 6.20 Å². The Bertz CT molecular complexity index is 919. The molecule has 0 bridgehead atoms. The van der Waals surface area contributed by atoms with Crippen LogP contribution in [0.25, 0.3) is 10.9 Å². The Morgan fingerprint density at radius 1 is 1.08 bits per heavy atom. The van der Waals surface area contributed by atoms with Crippen LogP contribution >= 0.6 is 0 Å². The second-order valence-electron chi connectivity index (χ2n) is 5.87. The molecule has 0 radical (unpaired) electrons. The first-order valence-corrected chi connectivity index (χ1v) is 7.75. The fraction of sp³-hybridized carbons (Fsp3) is 0.222. The van der Waals surface area contributed by atoms with Gasteiger partial charge >= 0.3 is 0 Å². The summed E-state index contributed by atoms with van der Waals surface area (Å²) in [5, 5.41) is 3.26. The van der Waals surface area contributed by atoms with Crippen LogP contribution in [-0.2, 0) is 4.79 Å². The molecule has 0 aliphatic rings. The average Bonchev–Trinajstić information content (AvgIpc) is 2.58. The Morgan fingerprint density at radius 2 is 1.83 bits per heavy atom. The molecule has 1 aromatic carbocycles. The number of nitrogens with zero attached hydrogens (tertiary/aromatic N) is 3. The Hall–Kier alpha value is -3.02. The van der Waals surface area contributed by atoms with Crippen molar-refractivity contribution in [1.82, 2.24) is 14.5 Å². The molecule has 3 aromatic rings. The second-order valence-corrected chi connectivity index (χ2v) is 5.87. The molecule has 0 saturated heterocycles. The first-order chi connectivity index (χ1) is 11.6. The van der Waals surface area contributed by atoms with Gasteiger partial charge in [-0.05, 0) is 30.2 Å². The van der Waals surface area contributed by atoms with E-state index in [1.807, 2.05) is 19.9 Å². The van der Waals surface area contributed by atoms with Gasteiger partial charge in [-0.1, -0.05) is 32.0 Å². The molecule has 6 heteroatoms. The zero-order chi connectivity index (χ0) is 17.1. The lowest BCUT2D eigenvalue weighted by Crippen LogP contribution is -2.36. The first-order valence-electron chi connectivity index (χ1n) is 7.75. The van der Waals surface area contributed by atoms with Gasteiger partial charge in [0.15, 0.2) is 0 Å². The van der Waals surface area contributed by atoms with Gasteiger partial charge in [0.1, 0.15) is 11.9 Å². The summed E-state index contributed by atoms with van der Waals surface area (Å²) in [5.41, 5.74) is 0.391. The van der Waals surface area contributed by atoms with E-state index in [-0.39, 0.29) is 17.4 Å². The van der Waals surface area contributed by atoms with E-state index in [1.54, 1.807) is 42.6 Å². The number of aromatic nitrogens is 3. The lowest BCUT2D eigenvalue weighted by molar-refractivity contribution is -0.120. The summed E-state index contributed by atoms with van der Waals surface area (Å²) in [4.78, 5) is 33.9. The van der Waals surface area contributed by atoms with Crippen molar-refractivity contribution in [2.24, 2.45) is 5.92 Å². The molecule has 0 fully saturated rings. The number of hydrogen-bond acceptors (Lipinski definition) is 4. The minimum atomic E-state index is -0.670. The van der Waals surface area contributed by atoms with Gasteiger partial charge in [0.05, 0.1) is 17.2 Å². The summed E-state index contributed by atoms with van der Waals surface area (Å²) in [5.74, 6) is 0.0761. The van der Waals surface area contributed by atoms with Crippen LogP contribution in [0.1, 0.15) is 19.9 Å². The zero-order valence-electron chi connectivity index (χ0n) is 13.5. The molecule has 1 unspecified atom stereocenters.